The number of anilines is 1. The molecule has 2 unspecified atom stereocenters. The Morgan fingerprint density at radius 1 is 1.00 bits per heavy atom. The first kappa shape index (κ1) is 23.7. The van der Waals surface area contributed by atoms with Gasteiger partial charge >= 0.3 is 0 Å². The van der Waals surface area contributed by atoms with E-state index in [4.69, 9.17) is 15.2 Å². The number of nitrogens with zero attached hydrogens (tertiary/aromatic N) is 1. The summed E-state index contributed by atoms with van der Waals surface area (Å²) in [4.78, 5) is 14.1. The van der Waals surface area contributed by atoms with Gasteiger partial charge in [-0.25, -0.2) is 8.78 Å². The molecule has 3 aromatic carbocycles. The van der Waals surface area contributed by atoms with Crippen molar-refractivity contribution in [3.8, 4) is 11.5 Å². The lowest BCUT2D eigenvalue weighted by Gasteiger charge is -2.38. The number of hydrogen-bond donors (Lipinski definition) is 1. The Bertz CT molecular complexity index is 1110. The summed E-state index contributed by atoms with van der Waals surface area (Å²) in [5, 5.41) is 0. The Morgan fingerprint density at radius 2 is 1.76 bits per heavy atom. The molecule has 1 aliphatic heterocycles. The lowest BCUT2D eigenvalue weighted by atomic mass is 9.94. The summed E-state index contributed by atoms with van der Waals surface area (Å²) >= 11 is 0. The van der Waals surface area contributed by atoms with Gasteiger partial charge < -0.3 is 24.9 Å². The molecule has 2 atom stereocenters. The SMILES string of the molecule is NC(C(C=O)Cc1ccc(OCCOc2ccc(F)cc2F)cc1)N1CCCc2ccccc21. The van der Waals surface area contributed by atoms with Gasteiger partial charge in [0.05, 0.1) is 12.1 Å². The summed E-state index contributed by atoms with van der Waals surface area (Å²) in [6, 6.07) is 18.8. The van der Waals surface area contributed by atoms with E-state index in [0.29, 0.717) is 12.2 Å². The lowest BCUT2D eigenvalue weighted by molar-refractivity contribution is -0.111. The molecule has 178 valence electrons. The molecule has 0 spiro atoms. The van der Waals surface area contributed by atoms with Crippen LogP contribution in [0.2, 0.25) is 0 Å². The van der Waals surface area contributed by atoms with Gasteiger partial charge in [0.15, 0.2) is 11.6 Å². The Hall–Kier alpha value is -3.45. The molecular formula is C27H28F2N2O3. The van der Waals surface area contributed by atoms with Gasteiger partial charge in [-0.3, -0.25) is 0 Å². The molecule has 3 aromatic rings. The average Bonchev–Trinajstić information content (AvgIpc) is 2.86. The van der Waals surface area contributed by atoms with Crippen molar-refractivity contribution in [3.63, 3.8) is 0 Å². The van der Waals surface area contributed by atoms with Crippen molar-refractivity contribution < 1.29 is 23.0 Å². The molecule has 0 aromatic heterocycles. The van der Waals surface area contributed by atoms with Crippen LogP contribution in [0.5, 0.6) is 11.5 Å². The van der Waals surface area contributed by atoms with E-state index in [2.05, 4.69) is 17.0 Å². The Morgan fingerprint density at radius 3 is 2.53 bits per heavy atom. The van der Waals surface area contributed by atoms with E-state index in [9.17, 15) is 13.6 Å². The number of hydrogen-bond acceptors (Lipinski definition) is 5. The molecular weight excluding hydrogens is 438 g/mol. The molecule has 0 fully saturated rings. The van der Waals surface area contributed by atoms with Crippen LogP contribution in [0.1, 0.15) is 17.5 Å². The molecule has 0 radical (unpaired) electrons. The highest BCUT2D eigenvalue weighted by molar-refractivity contribution is 5.61. The van der Waals surface area contributed by atoms with Crippen molar-refractivity contribution in [1.29, 1.82) is 0 Å². The van der Waals surface area contributed by atoms with Crippen LogP contribution in [0.4, 0.5) is 14.5 Å². The molecule has 0 saturated carbocycles. The number of aldehydes is 1. The summed E-state index contributed by atoms with van der Waals surface area (Å²) in [5.41, 5.74) is 9.91. The second-order valence-corrected chi connectivity index (χ2v) is 8.34. The van der Waals surface area contributed by atoms with Crippen LogP contribution in [0.15, 0.2) is 66.7 Å². The zero-order chi connectivity index (χ0) is 23.9. The second kappa shape index (κ2) is 11.1. The molecule has 1 aliphatic rings. The van der Waals surface area contributed by atoms with Crippen LogP contribution in [0.3, 0.4) is 0 Å². The average molecular weight is 467 g/mol. The Labute approximate surface area is 198 Å². The van der Waals surface area contributed by atoms with Gasteiger partial charge in [0, 0.05) is 18.3 Å². The summed E-state index contributed by atoms with van der Waals surface area (Å²) in [6.07, 6.45) is 3.10. The van der Waals surface area contributed by atoms with Gasteiger partial charge in [0.25, 0.3) is 0 Å². The molecule has 34 heavy (non-hydrogen) atoms. The number of carbonyl (C=O) groups is 1. The van der Waals surface area contributed by atoms with E-state index in [1.807, 2.05) is 36.4 Å². The molecule has 4 rings (SSSR count). The third-order valence-corrected chi connectivity index (χ3v) is 6.02. The largest absolute Gasteiger partial charge is 0.490 e. The second-order valence-electron chi connectivity index (χ2n) is 8.34. The van der Waals surface area contributed by atoms with Gasteiger partial charge in [-0.05, 0) is 60.7 Å². The van der Waals surface area contributed by atoms with E-state index in [-0.39, 0.29) is 24.9 Å². The lowest BCUT2D eigenvalue weighted by Crippen LogP contribution is -2.50. The summed E-state index contributed by atoms with van der Waals surface area (Å²) in [6.45, 7) is 1.15. The molecule has 2 N–H and O–H groups in total. The summed E-state index contributed by atoms with van der Waals surface area (Å²) < 4.78 is 37.5. The zero-order valence-corrected chi connectivity index (χ0v) is 18.8. The predicted octanol–water partition coefficient (Wildman–Crippen LogP) is 4.52. The number of ether oxygens (including phenoxy) is 2. The standard InChI is InChI=1S/C27H28F2N2O3/c28-22-9-12-26(24(29)17-22)34-15-14-33-23-10-7-19(8-11-23)16-21(18-32)27(30)31-13-3-5-20-4-1-2-6-25(20)31/h1-2,4,6-12,17-18,21,27H,3,5,13-16,30H2. The zero-order valence-electron chi connectivity index (χ0n) is 18.8. The normalized spacial score (nSPS) is 14.7. The predicted molar refractivity (Wildman–Crippen MR) is 127 cm³/mol. The van der Waals surface area contributed by atoms with Crippen LogP contribution >= 0.6 is 0 Å². The molecule has 1 heterocycles. The van der Waals surface area contributed by atoms with Gasteiger partial charge in [-0.2, -0.15) is 0 Å². The molecule has 7 heteroatoms. The number of rotatable bonds is 10. The van der Waals surface area contributed by atoms with E-state index in [0.717, 1.165) is 49.1 Å². The number of fused-ring (bicyclic) bond motifs is 1. The number of para-hydroxylation sites is 1. The quantitative estimate of drug-likeness (QED) is 0.352. The van der Waals surface area contributed by atoms with E-state index in [1.54, 1.807) is 0 Å². The highest BCUT2D eigenvalue weighted by Gasteiger charge is 2.27. The third kappa shape index (κ3) is 5.72. The first-order chi connectivity index (χ1) is 16.5. The minimum absolute atomic E-state index is 0.0204. The minimum atomic E-state index is -0.750. The number of nitrogens with two attached hydrogens (primary N) is 1. The van der Waals surface area contributed by atoms with Crippen molar-refractivity contribution in [2.75, 3.05) is 24.7 Å². The third-order valence-electron chi connectivity index (χ3n) is 6.02. The fraction of sp³-hybridized carbons (Fsp3) is 0.296. The first-order valence-electron chi connectivity index (χ1n) is 11.4. The molecule has 0 bridgehead atoms. The molecule has 0 amide bonds. The van der Waals surface area contributed by atoms with Crippen molar-refractivity contribution in [1.82, 2.24) is 0 Å². The fourth-order valence-corrected chi connectivity index (χ4v) is 4.25. The van der Waals surface area contributed by atoms with E-state index >= 15 is 0 Å². The Kier molecular flexibility index (Phi) is 7.75. The van der Waals surface area contributed by atoms with Crippen molar-refractivity contribution in [3.05, 3.63) is 89.5 Å². The van der Waals surface area contributed by atoms with Gasteiger partial charge in [-0.15, -0.1) is 0 Å². The van der Waals surface area contributed by atoms with Gasteiger partial charge in [-0.1, -0.05) is 30.3 Å². The number of benzene rings is 3. The number of aryl methyl sites for hydroxylation is 1. The fourth-order valence-electron chi connectivity index (χ4n) is 4.25. The first-order valence-corrected chi connectivity index (χ1v) is 11.4. The van der Waals surface area contributed by atoms with Crippen molar-refractivity contribution >= 4 is 12.0 Å². The summed E-state index contributed by atoms with van der Waals surface area (Å²) in [7, 11) is 0. The monoisotopic (exact) mass is 466 g/mol. The number of halogens is 2. The topological polar surface area (TPSA) is 64.8 Å². The van der Waals surface area contributed by atoms with Crippen LogP contribution in [0, 0.1) is 17.6 Å². The smallest absolute Gasteiger partial charge is 0.167 e. The van der Waals surface area contributed by atoms with Crippen molar-refractivity contribution in [2.24, 2.45) is 11.7 Å². The van der Waals surface area contributed by atoms with Crippen LogP contribution in [-0.2, 0) is 17.6 Å². The van der Waals surface area contributed by atoms with Crippen LogP contribution in [-0.4, -0.2) is 32.2 Å². The van der Waals surface area contributed by atoms with Crippen LogP contribution < -0.4 is 20.1 Å². The van der Waals surface area contributed by atoms with Crippen molar-refractivity contribution in [2.45, 2.75) is 25.4 Å². The highest BCUT2D eigenvalue weighted by atomic mass is 19.1. The van der Waals surface area contributed by atoms with Crippen LogP contribution in [0.25, 0.3) is 0 Å². The maximum absolute atomic E-state index is 13.6. The summed E-state index contributed by atoms with van der Waals surface area (Å²) in [5.74, 6) is -1.14. The molecule has 0 aliphatic carbocycles. The van der Waals surface area contributed by atoms with E-state index < -0.39 is 17.8 Å². The highest BCUT2D eigenvalue weighted by Crippen LogP contribution is 2.29. The minimum Gasteiger partial charge on any atom is -0.490 e. The maximum atomic E-state index is 13.6. The van der Waals surface area contributed by atoms with E-state index in [1.165, 1.54) is 11.6 Å². The van der Waals surface area contributed by atoms with Gasteiger partial charge in [0.1, 0.15) is 31.1 Å². The number of carbonyl (C=O) groups excluding carboxylic acids is 1. The molecule has 5 nitrogen and oxygen atoms in total. The molecule has 0 saturated heterocycles. The Balaban J connectivity index is 1.29. The maximum Gasteiger partial charge on any atom is 0.167 e. The van der Waals surface area contributed by atoms with Gasteiger partial charge in [0.2, 0.25) is 0 Å².